The number of ether oxygens (including phenoxy) is 3. The zero-order valence-corrected chi connectivity index (χ0v) is 51.6. The predicted molar refractivity (Wildman–Crippen MR) is 330 cm³/mol. The standard InChI is InChI=1S/C70H132O6/c1-4-7-10-13-16-19-22-24-26-28-29-30-31-32-33-34-35-36-37-38-39-40-41-42-44-45-48-51-54-57-60-63-69(72)75-66-67(65-74-68(71)62-59-56-53-50-47-21-18-15-12-9-6-3)76-70(73)64-61-58-55-52-49-46-43-27-25-23-20-17-14-11-8-5-2/h27-29,43,67H,4-26,30-42,44-66H2,1-3H3/b29-28-,43-27-. The average Bonchev–Trinajstić information content (AvgIpc) is 3.42. The fourth-order valence-electron chi connectivity index (χ4n) is 10.5. The molecular weight excluding hydrogens is 937 g/mol. The fraction of sp³-hybridized carbons (Fsp3) is 0.900. The second kappa shape index (κ2) is 65.4. The quantitative estimate of drug-likeness (QED) is 0.0261. The number of hydrogen-bond acceptors (Lipinski definition) is 6. The molecule has 0 aliphatic heterocycles. The highest BCUT2D eigenvalue weighted by Gasteiger charge is 2.19. The maximum atomic E-state index is 12.9. The molecule has 0 aliphatic carbocycles. The molecule has 0 saturated heterocycles. The van der Waals surface area contributed by atoms with E-state index in [1.165, 1.54) is 283 Å². The van der Waals surface area contributed by atoms with Crippen molar-refractivity contribution in [2.24, 2.45) is 0 Å². The van der Waals surface area contributed by atoms with Crippen molar-refractivity contribution in [3.05, 3.63) is 24.3 Å². The van der Waals surface area contributed by atoms with Crippen molar-refractivity contribution in [1.82, 2.24) is 0 Å². The molecule has 0 bridgehead atoms. The van der Waals surface area contributed by atoms with E-state index < -0.39 is 6.10 Å². The van der Waals surface area contributed by atoms with Crippen molar-refractivity contribution in [2.45, 2.75) is 393 Å². The van der Waals surface area contributed by atoms with Crippen LogP contribution in [0.4, 0.5) is 0 Å². The van der Waals surface area contributed by atoms with Crippen LogP contribution in [0.5, 0.6) is 0 Å². The van der Waals surface area contributed by atoms with Gasteiger partial charge in [0.15, 0.2) is 6.10 Å². The average molecular weight is 1070 g/mol. The highest BCUT2D eigenvalue weighted by Crippen LogP contribution is 2.18. The Labute approximate surface area is 474 Å². The number of unbranched alkanes of at least 4 members (excludes halogenated alkanes) is 49. The lowest BCUT2D eigenvalue weighted by Gasteiger charge is -2.18. The Morgan fingerprint density at radius 3 is 0.658 bits per heavy atom. The summed E-state index contributed by atoms with van der Waals surface area (Å²) in [6.07, 6.45) is 79.3. The van der Waals surface area contributed by atoms with Crippen LogP contribution in [-0.2, 0) is 28.6 Å². The number of rotatable bonds is 64. The second-order valence-corrected chi connectivity index (χ2v) is 23.4. The monoisotopic (exact) mass is 1070 g/mol. The molecule has 0 aromatic rings. The minimum Gasteiger partial charge on any atom is -0.462 e. The Bertz CT molecular complexity index is 1230. The van der Waals surface area contributed by atoms with Crippen LogP contribution in [0.15, 0.2) is 24.3 Å². The lowest BCUT2D eigenvalue weighted by atomic mass is 10.0. The van der Waals surface area contributed by atoms with Gasteiger partial charge >= 0.3 is 17.9 Å². The molecule has 0 amide bonds. The summed E-state index contributed by atoms with van der Waals surface area (Å²) in [7, 11) is 0. The van der Waals surface area contributed by atoms with Gasteiger partial charge in [0, 0.05) is 19.3 Å². The maximum absolute atomic E-state index is 12.9. The summed E-state index contributed by atoms with van der Waals surface area (Å²) in [4.78, 5) is 38.2. The maximum Gasteiger partial charge on any atom is 0.306 e. The summed E-state index contributed by atoms with van der Waals surface area (Å²) in [5.74, 6) is -0.851. The van der Waals surface area contributed by atoms with Gasteiger partial charge in [0.25, 0.3) is 0 Å². The van der Waals surface area contributed by atoms with Crippen molar-refractivity contribution < 1.29 is 28.6 Å². The molecule has 1 atom stereocenters. The van der Waals surface area contributed by atoms with Crippen LogP contribution in [0.1, 0.15) is 387 Å². The van der Waals surface area contributed by atoms with Gasteiger partial charge < -0.3 is 14.2 Å². The summed E-state index contributed by atoms with van der Waals surface area (Å²) in [5, 5.41) is 0. The van der Waals surface area contributed by atoms with Gasteiger partial charge in [0.2, 0.25) is 0 Å². The van der Waals surface area contributed by atoms with Crippen LogP contribution in [0.3, 0.4) is 0 Å². The molecule has 0 N–H and O–H groups in total. The van der Waals surface area contributed by atoms with Gasteiger partial charge in [-0.2, -0.15) is 0 Å². The highest BCUT2D eigenvalue weighted by atomic mass is 16.6. The van der Waals surface area contributed by atoms with Crippen molar-refractivity contribution in [3.63, 3.8) is 0 Å². The van der Waals surface area contributed by atoms with Crippen LogP contribution in [0.2, 0.25) is 0 Å². The first-order valence-electron chi connectivity index (χ1n) is 34.3. The van der Waals surface area contributed by atoms with E-state index >= 15 is 0 Å². The van der Waals surface area contributed by atoms with Gasteiger partial charge in [0.1, 0.15) is 13.2 Å². The molecule has 448 valence electrons. The first-order chi connectivity index (χ1) is 37.5. The SMILES string of the molecule is CCCCCCCCC/C=C\CCCCCCCC(=O)OC(COC(=O)CCCCCCCCCCCCC)COC(=O)CCCCCCCCCCCCCCCCCCCCC/C=C\CCCCCCCCCC. The van der Waals surface area contributed by atoms with E-state index in [9.17, 15) is 14.4 Å². The summed E-state index contributed by atoms with van der Waals surface area (Å²) in [6, 6.07) is 0. The summed E-state index contributed by atoms with van der Waals surface area (Å²) >= 11 is 0. The highest BCUT2D eigenvalue weighted by molar-refractivity contribution is 5.71. The second-order valence-electron chi connectivity index (χ2n) is 23.4. The molecule has 0 rings (SSSR count). The molecule has 0 fully saturated rings. The number of carbonyl (C=O) groups excluding carboxylic acids is 3. The third-order valence-electron chi connectivity index (χ3n) is 15.7. The van der Waals surface area contributed by atoms with Gasteiger partial charge in [-0.25, -0.2) is 0 Å². The molecule has 76 heavy (non-hydrogen) atoms. The third kappa shape index (κ3) is 62.7. The molecule has 0 aromatic heterocycles. The van der Waals surface area contributed by atoms with Crippen molar-refractivity contribution >= 4 is 17.9 Å². The molecule has 6 nitrogen and oxygen atoms in total. The van der Waals surface area contributed by atoms with E-state index in [-0.39, 0.29) is 31.1 Å². The van der Waals surface area contributed by atoms with Crippen LogP contribution in [0, 0.1) is 0 Å². The smallest absolute Gasteiger partial charge is 0.306 e. The van der Waals surface area contributed by atoms with E-state index in [4.69, 9.17) is 14.2 Å². The summed E-state index contributed by atoms with van der Waals surface area (Å²) < 4.78 is 16.9. The van der Waals surface area contributed by atoms with E-state index in [0.717, 1.165) is 64.2 Å². The first-order valence-corrected chi connectivity index (χ1v) is 34.3. The fourth-order valence-corrected chi connectivity index (χ4v) is 10.5. The van der Waals surface area contributed by atoms with Crippen molar-refractivity contribution in [1.29, 1.82) is 0 Å². The molecule has 0 heterocycles. The number of carbonyl (C=O) groups is 3. The molecule has 1 unspecified atom stereocenters. The van der Waals surface area contributed by atoms with Crippen LogP contribution >= 0.6 is 0 Å². The summed E-state index contributed by atoms with van der Waals surface area (Å²) in [5.41, 5.74) is 0. The number of esters is 3. The third-order valence-corrected chi connectivity index (χ3v) is 15.7. The Morgan fingerprint density at radius 1 is 0.250 bits per heavy atom. The van der Waals surface area contributed by atoms with E-state index in [1.54, 1.807) is 0 Å². The molecule has 0 radical (unpaired) electrons. The van der Waals surface area contributed by atoms with E-state index in [1.807, 2.05) is 0 Å². The molecule has 0 spiro atoms. The summed E-state index contributed by atoms with van der Waals surface area (Å²) in [6.45, 7) is 6.69. The zero-order chi connectivity index (χ0) is 55.0. The Morgan fingerprint density at radius 2 is 0.434 bits per heavy atom. The van der Waals surface area contributed by atoms with E-state index in [0.29, 0.717) is 19.3 Å². The Kier molecular flexibility index (Phi) is 63.6. The minimum atomic E-state index is -0.771. The van der Waals surface area contributed by atoms with Gasteiger partial charge in [-0.05, 0) is 70.6 Å². The van der Waals surface area contributed by atoms with Crippen molar-refractivity contribution in [2.75, 3.05) is 13.2 Å². The van der Waals surface area contributed by atoms with Crippen LogP contribution in [0.25, 0.3) is 0 Å². The molecule has 6 heteroatoms. The molecule has 0 aliphatic rings. The van der Waals surface area contributed by atoms with Gasteiger partial charge in [-0.1, -0.05) is 321 Å². The Balaban J connectivity index is 4.08. The lowest BCUT2D eigenvalue weighted by molar-refractivity contribution is -0.167. The molecular formula is C70H132O6. The van der Waals surface area contributed by atoms with Gasteiger partial charge in [-0.3, -0.25) is 14.4 Å². The number of hydrogen-bond donors (Lipinski definition) is 0. The first kappa shape index (κ1) is 73.9. The van der Waals surface area contributed by atoms with Gasteiger partial charge in [0.05, 0.1) is 0 Å². The normalized spacial score (nSPS) is 12.1. The molecule has 0 saturated carbocycles. The predicted octanol–water partition coefficient (Wildman–Crippen LogP) is 23.4. The van der Waals surface area contributed by atoms with Gasteiger partial charge in [-0.15, -0.1) is 0 Å². The number of allylic oxidation sites excluding steroid dienone is 4. The van der Waals surface area contributed by atoms with Crippen LogP contribution < -0.4 is 0 Å². The lowest BCUT2D eigenvalue weighted by Crippen LogP contribution is -2.30. The zero-order valence-electron chi connectivity index (χ0n) is 51.6. The van der Waals surface area contributed by atoms with Crippen LogP contribution in [-0.4, -0.2) is 37.2 Å². The topological polar surface area (TPSA) is 78.9 Å². The van der Waals surface area contributed by atoms with E-state index in [2.05, 4.69) is 45.1 Å². The Hall–Kier alpha value is -2.11. The molecule has 0 aromatic carbocycles. The largest absolute Gasteiger partial charge is 0.462 e. The van der Waals surface area contributed by atoms with Crippen molar-refractivity contribution in [3.8, 4) is 0 Å². The minimum absolute atomic E-state index is 0.0686.